The number of benzene rings is 3. The van der Waals surface area contributed by atoms with E-state index < -0.39 is 0 Å². The van der Waals surface area contributed by atoms with Crippen LogP contribution in [0, 0.1) is 20.8 Å². The lowest BCUT2D eigenvalue weighted by Gasteiger charge is -2.17. The van der Waals surface area contributed by atoms with Gasteiger partial charge in [0.1, 0.15) is 17.2 Å². The second kappa shape index (κ2) is 7.75. The van der Waals surface area contributed by atoms with Gasteiger partial charge < -0.3 is 14.2 Å². The highest BCUT2D eigenvalue weighted by atomic mass is 16.5. The molecule has 0 fully saturated rings. The van der Waals surface area contributed by atoms with Gasteiger partial charge in [-0.3, -0.25) is 0 Å². The molecule has 0 N–H and O–H groups in total. The highest BCUT2D eigenvalue weighted by Crippen LogP contribution is 2.39. The normalized spacial score (nSPS) is 10.6. The molecule has 0 aliphatic heterocycles. The smallest absolute Gasteiger partial charge is 0.127 e. The fourth-order valence-electron chi connectivity index (χ4n) is 3.41. The standard InChI is InChI=1S/C24H26O3/c1-15-9-18(12-20(10-15)26-5)23-11-17(3)22(14-24(23)27-6)21-13-19(25-4)8-7-16(21)2/h7-14H,1-6H3. The molecule has 3 rings (SSSR count). The first-order valence-corrected chi connectivity index (χ1v) is 8.96. The van der Waals surface area contributed by atoms with Crippen molar-refractivity contribution in [3.63, 3.8) is 0 Å². The van der Waals surface area contributed by atoms with E-state index in [9.17, 15) is 0 Å². The quantitative estimate of drug-likeness (QED) is 0.559. The zero-order valence-corrected chi connectivity index (χ0v) is 16.8. The van der Waals surface area contributed by atoms with E-state index in [0.29, 0.717) is 0 Å². The molecule has 0 amide bonds. The largest absolute Gasteiger partial charge is 0.497 e. The van der Waals surface area contributed by atoms with Crippen LogP contribution in [0.15, 0.2) is 48.5 Å². The zero-order chi connectivity index (χ0) is 19.6. The van der Waals surface area contributed by atoms with E-state index in [1.165, 1.54) is 11.1 Å². The van der Waals surface area contributed by atoms with Gasteiger partial charge in [0.2, 0.25) is 0 Å². The first kappa shape index (κ1) is 18.8. The average molecular weight is 362 g/mol. The minimum atomic E-state index is 0.838. The summed E-state index contributed by atoms with van der Waals surface area (Å²) in [6.07, 6.45) is 0. The molecule has 0 atom stereocenters. The predicted octanol–water partition coefficient (Wildman–Crippen LogP) is 5.97. The Morgan fingerprint density at radius 1 is 0.556 bits per heavy atom. The maximum atomic E-state index is 5.75. The first-order valence-electron chi connectivity index (χ1n) is 8.96. The summed E-state index contributed by atoms with van der Waals surface area (Å²) in [5.74, 6) is 2.53. The third-order valence-corrected chi connectivity index (χ3v) is 4.88. The Balaban J connectivity index is 2.19. The van der Waals surface area contributed by atoms with Crippen molar-refractivity contribution in [3.05, 3.63) is 65.2 Å². The molecule has 0 aliphatic carbocycles. The number of ether oxygens (including phenoxy) is 3. The van der Waals surface area contributed by atoms with Gasteiger partial charge in [-0.2, -0.15) is 0 Å². The van der Waals surface area contributed by atoms with Crippen molar-refractivity contribution >= 4 is 0 Å². The van der Waals surface area contributed by atoms with Gasteiger partial charge in [0.25, 0.3) is 0 Å². The number of hydrogen-bond acceptors (Lipinski definition) is 3. The van der Waals surface area contributed by atoms with Gasteiger partial charge in [0, 0.05) is 5.56 Å². The van der Waals surface area contributed by atoms with Crippen molar-refractivity contribution in [2.75, 3.05) is 21.3 Å². The monoisotopic (exact) mass is 362 g/mol. The van der Waals surface area contributed by atoms with Gasteiger partial charge in [0.05, 0.1) is 21.3 Å². The molecule has 3 aromatic carbocycles. The summed E-state index contributed by atoms with van der Waals surface area (Å²) in [4.78, 5) is 0. The lowest BCUT2D eigenvalue weighted by molar-refractivity contribution is 0.413. The first-order chi connectivity index (χ1) is 13.0. The molecule has 0 spiro atoms. The molecule has 140 valence electrons. The topological polar surface area (TPSA) is 27.7 Å². The van der Waals surface area contributed by atoms with E-state index in [0.717, 1.165) is 45.1 Å². The van der Waals surface area contributed by atoms with Crippen LogP contribution in [0.2, 0.25) is 0 Å². The van der Waals surface area contributed by atoms with Crippen LogP contribution in [0.3, 0.4) is 0 Å². The summed E-state index contributed by atoms with van der Waals surface area (Å²) in [6.45, 7) is 6.31. The number of aryl methyl sites for hydroxylation is 3. The van der Waals surface area contributed by atoms with Crippen molar-refractivity contribution in [2.24, 2.45) is 0 Å². The molecule has 0 unspecified atom stereocenters. The van der Waals surface area contributed by atoms with E-state index in [1.807, 2.05) is 18.2 Å². The van der Waals surface area contributed by atoms with Crippen molar-refractivity contribution in [3.8, 4) is 39.5 Å². The predicted molar refractivity (Wildman–Crippen MR) is 111 cm³/mol. The Morgan fingerprint density at radius 3 is 1.93 bits per heavy atom. The Morgan fingerprint density at radius 2 is 1.26 bits per heavy atom. The van der Waals surface area contributed by atoms with Crippen molar-refractivity contribution in [2.45, 2.75) is 20.8 Å². The van der Waals surface area contributed by atoms with Gasteiger partial charge in [-0.1, -0.05) is 12.1 Å². The maximum absolute atomic E-state index is 5.75. The van der Waals surface area contributed by atoms with Gasteiger partial charge in [-0.25, -0.2) is 0 Å². The highest BCUT2D eigenvalue weighted by Gasteiger charge is 2.14. The summed E-state index contributed by atoms with van der Waals surface area (Å²) in [7, 11) is 5.09. The van der Waals surface area contributed by atoms with Gasteiger partial charge in [-0.15, -0.1) is 0 Å². The van der Waals surface area contributed by atoms with Crippen molar-refractivity contribution in [1.82, 2.24) is 0 Å². The second-order valence-corrected chi connectivity index (χ2v) is 6.79. The van der Waals surface area contributed by atoms with Crippen LogP contribution in [-0.2, 0) is 0 Å². The molecule has 0 aliphatic rings. The molecule has 0 saturated heterocycles. The zero-order valence-electron chi connectivity index (χ0n) is 16.8. The molecule has 0 saturated carbocycles. The van der Waals surface area contributed by atoms with Gasteiger partial charge in [-0.05, 0) is 90.6 Å². The number of hydrogen-bond donors (Lipinski definition) is 0. The SMILES string of the molecule is COc1cc(C)cc(-c2cc(C)c(-c3cc(OC)ccc3C)cc2OC)c1. The van der Waals surface area contributed by atoms with Crippen LogP contribution < -0.4 is 14.2 Å². The van der Waals surface area contributed by atoms with E-state index in [4.69, 9.17) is 14.2 Å². The third-order valence-electron chi connectivity index (χ3n) is 4.88. The summed E-state index contributed by atoms with van der Waals surface area (Å²) in [5.41, 5.74) is 7.97. The van der Waals surface area contributed by atoms with Crippen LogP contribution in [0.4, 0.5) is 0 Å². The third kappa shape index (κ3) is 3.77. The molecule has 27 heavy (non-hydrogen) atoms. The van der Waals surface area contributed by atoms with E-state index >= 15 is 0 Å². The van der Waals surface area contributed by atoms with Crippen LogP contribution in [0.5, 0.6) is 17.2 Å². The second-order valence-electron chi connectivity index (χ2n) is 6.79. The molecule has 0 bridgehead atoms. The summed E-state index contributed by atoms with van der Waals surface area (Å²) in [6, 6.07) is 16.7. The van der Waals surface area contributed by atoms with E-state index in [2.05, 4.69) is 51.1 Å². The van der Waals surface area contributed by atoms with Crippen LogP contribution >= 0.6 is 0 Å². The van der Waals surface area contributed by atoms with E-state index in [-0.39, 0.29) is 0 Å². The fraction of sp³-hybridized carbons (Fsp3) is 0.250. The number of methoxy groups -OCH3 is 3. The summed E-state index contributed by atoms with van der Waals surface area (Å²) >= 11 is 0. The van der Waals surface area contributed by atoms with Crippen molar-refractivity contribution < 1.29 is 14.2 Å². The molecular formula is C24H26O3. The Bertz CT molecular complexity index is 974. The van der Waals surface area contributed by atoms with Gasteiger partial charge in [0.15, 0.2) is 0 Å². The molecular weight excluding hydrogens is 336 g/mol. The lowest BCUT2D eigenvalue weighted by atomic mass is 9.92. The Hall–Kier alpha value is -2.94. The highest BCUT2D eigenvalue weighted by molar-refractivity contribution is 5.81. The molecule has 0 heterocycles. The maximum Gasteiger partial charge on any atom is 0.127 e. The lowest BCUT2D eigenvalue weighted by Crippen LogP contribution is -1.95. The summed E-state index contributed by atoms with van der Waals surface area (Å²) < 4.78 is 16.6. The minimum Gasteiger partial charge on any atom is -0.497 e. The number of rotatable bonds is 5. The molecule has 3 heteroatoms. The van der Waals surface area contributed by atoms with E-state index in [1.54, 1.807) is 21.3 Å². The molecule has 0 radical (unpaired) electrons. The van der Waals surface area contributed by atoms with Crippen molar-refractivity contribution in [1.29, 1.82) is 0 Å². The Labute approximate surface area is 161 Å². The van der Waals surface area contributed by atoms with Gasteiger partial charge >= 0.3 is 0 Å². The molecule has 0 aromatic heterocycles. The van der Waals surface area contributed by atoms with Crippen LogP contribution in [0.25, 0.3) is 22.3 Å². The average Bonchev–Trinajstić information content (AvgIpc) is 2.67. The van der Waals surface area contributed by atoms with Crippen LogP contribution in [-0.4, -0.2) is 21.3 Å². The molecule has 3 nitrogen and oxygen atoms in total. The fourth-order valence-corrected chi connectivity index (χ4v) is 3.41. The Kier molecular flexibility index (Phi) is 5.41. The minimum absolute atomic E-state index is 0.838. The summed E-state index contributed by atoms with van der Waals surface area (Å²) in [5, 5.41) is 0. The van der Waals surface area contributed by atoms with Crippen LogP contribution in [0.1, 0.15) is 16.7 Å². The molecule has 3 aromatic rings.